The number of H-pyrrole nitrogens is 1. The lowest BCUT2D eigenvalue weighted by molar-refractivity contribution is -0.122. The maximum atomic E-state index is 12.4. The van der Waals surface area contributed by atoms with Crippen LogP contribution in [-0.2, 0) is 11.2 Å². The van der Waals surface area contributed by atoms with E-state index in [1.54, 1.807) is 0 Å². The van der Waals surface area contributed by atoms with Crippen molar-refractivity contribution in [3.63, 3.8) is 0 Å². The highest BCUT2D eigenvalue weighted by Crippen LogP contribution is 2.20. The fourth-order valence-electron chi connectivity index (χ4n) is 3.44. The van der Waals surface area contributed by atoms with Gasteiger partial charge in [0.2, 0.25) is 5.91 Å². The van der Waals surface area contributed by atoms with Gasteiger partial charge in [-0.05, 0) is 50.5 Å². The number of ether oxygens (including phenoxy) is 1. The topological polar surface area (TPSA) is 97.0 Å². The van der Waals surface area contributed by atoms with Crippen LogP contribution in [0.2, 0.25) is 0 Å². The summed E-state index contributed by atoms with van der Waals surface area (Å²) in [5, 5.41) is 11.2. The van der Waals surface area contributed by atoms with Gasteiger partial charge in [0.15, 0.2) is 5.82 Å². The second-order valence-corrected chi connectivity index (χ2v) is 7.71. The van der Waals surface area contributed by atoms with Crippen LogP contribution in [0.5, 0.6) is 5.75 Å². The van der Waals surface area contributed by atoms with Gasteiger partial charge in [0.05, 0.1) is 6.10 Å². The van der Waals surface area contributed by atoms with Gasteiger partial charge < -0.3 is 15.0 Å². The molecule has 0 saturated heterocycles. The largest absolute Gasteiger partial charge is 0.491 e. The number of carbonyl (C=O) groups excluding carboxylic acids is 1. The Bertz CT molecular complexity index is 857. The highest BCUT2D eigenvalue weighted by atomic mass is 16.5. The van der Waals surface area contributed by atoms with Crippen LogP contribution in [0, 0.1) is 0 Å². The standard InChI is InChI=1S/C22H30N4O3/c1-3-15(2)29-18-11-9-16(10-12-18)21-24-22(28)19(25-26-21)13-14-20(27)23-17-7-5-4-6-8-17/h9-12,15,17H,3-8,13-14H2,1-2H3,(H,23,27)(H,24,26,28)/t15-/m1/s1. The summed E-state index contributed by atoms with van der Waals surface area (Å²) in [5.74, 6) is 1.15. The minimum absolute atomic E-state index is 0.0286. The molecule has 156 valence electrons. The van der Waals surface area contributed by atoms with Gasteiger partial charge in [0.25, 0.3) is 5.56 Å². The quantitative estimate of drug-likeness (QED) is 0.710. The number of aromatic nitrogens is 3. The molecular formula is C22H30N4O3. The first-order valence-corrected chi connectivity index (χ1v) is 10.6. The summed E-state index contributed by atoms with van der Waals surface area (Å²) in [6, 6.07) is 7.66. The van der Waals surface area contributed by atoms with Gasteiger partial charge in [-0.25, -0.2) is 0 Å². The van der Waals surface area contributed by atoms with Gasteiger partial charge in [-0.3, -0.25) is 9.59 Å². The summed E-state index contributed by atoms with van der Waals surface area (Å²) in [6.45, 7) is 4.09. The molecule has 1 fully saturated rings. The van der Waals surface area contributed by atoms with Gasteiger partial charge in [-0.2, -0.15) is 0 Å². The lowest BCUT2D eigenvalue weighted by Crippen LogP contribution is -2.36. The molecule has 0 unspecified atom stereocenters. The zero-order valence-electron chi connectivity index (χ0n) is 17.2. The van der Waals surface area contributed by atoms with Crippen LogP contribution >= 0.6 is 0 Å². The lowest BCUT2D eigenvalue weighted by atomic mass is 9.95. The molecule has 0 spiro atoms. The molecule has 0 aliphatic heterocycles. The molecule has 2 N–H and O–H groups in total. The van der Waals surface area contributed by atoms with Crippen molar-refractivity contribution < 1.29 is 9.53 Å². The molecule has 29 heavy (non-hydrogen) atoms. The third-order valence-electron chi connectivity index (χ3n) is 5.36. The van der Waals surface area contributed by atoms with E-state index < -0.39 is 0 Å². The number of hydrogen-bond donors (Lipinski definition) is 2. The number of benzene rings is 1. The number of amides is 1. The number of nitrogens with one attached hydrogen (secondary N) is 2. The molecule has 2 aromatic rings. The Kier molecular flexibility index (Phi) is 7.38. The van der Waals surface area contributed by atoms with Crippen LogP contribution in [-0.4, -0.2) is 33.2 Å². The number of rotatable bonds is 8. The fourth-order valence-corrected chi connectivity index (χ4v) is 3.44. The zero-order chi connectivity index (χ0) is 20.6. The van der Waals surface area contributed by atoms with Crippen molar-refractivity contribution >= 4 is 5.91 Å². The number of aromatic amines is 1. The third kappa shape index (κ3) is 6.14. The van der Waals surface area contributed by atoms with E-state index in [1.807, 2.05) is 31.2 Å². The van der Waals surface area contributed by atoms with Gasteiger partial charge in [0.1, 0.15) is 11.4 Å². The highest BCUT2D eigenvalue weighted by molar-refractivity contribution is 5.76. The van der Waals surface area contributed by atoms with E-state index in [-0.39, 0.29) is 42.1 Å². The van der Waals surface area contributed by atoms with Crippen molar-refractivity contribution in [3.05, 3.63) is 40.3 Å². The molecule has 1 atom stereocenters. The predicted molar refractivity (Wildman–Crippen MR) is 112 cm³/mol. The summed E-state index contributed by atoms with van der Waals surface area (Å²) in [4.78, 5) is 27.3. The van der Waals surface area contributed by atoms with E-state index in [4.69, 9.17) is 4.74 Å². The summed E-state index contributed by atoms with van der Waals surface area (Å²) < 4.78 is 5.76. The van der Waals surface area contributed by atoms with Crippen molar-refractivity contribution in [1.29, 1.82) is 0 Å². The molecule has 1 heterocycles. The molecule has 1 saturated carbocycles. The Morgan fingerprint density at radius 2 is 1.93 bits per heavy atom. The Morgan fingerprint density at radius 1 is 1.21 bits per heavy atom. The van der Waals surface area contributed by atoms with E-state index >= 15 is 0 Å². The highest BCUT2D eigenvalue weighted by Gasteiger charge is 2.16. The van der Waals surface area contributed by atoms with Gasteiger partial charge in [-0.1, -0.05) is 26.2 Å². The maximum absolute atomic E-state index is 12.4. The van der Waals surface area contributed by atoms with Crippen LogP contribution in [0.4, 0.5) is 0 Å². The summed E-state index contributed by atoms with van der Waals surface area (Å²) in [5.41, 5.74) is 0.734. The molecule has 7 nitrogen and oxygen atoms in total. The monoisotopic (exact) mass is 398 g/mol. The Morgan fingerprint density at radius 3 is 2.59 bits per heavy atom. The van der Waals surface area contributed by atoms with E-state index in [1.165, 1.54) is 19.3 Å². The molecule has 1 aromatic carbocycles. The lowest BCUT2D eigenvalue weighted by Gasteiger charge is -2.22. The van der Waals surface area contributed by atoms with Crippen LogP contribution in [0.15, 0.2) is 29.1 Å². The number of aryl methyl sites for hydroxylation is 1. The molecule has 1 aromatic heterocycles. The van der Waals surface area contributed by atoms with Crippen molar-refractivity contribution in [1.82, 2.24) is 20.5 Å². The first-order valence-electron chi connectivity index (χ1n) is 10.6. The van der Waals surface area contributed by atoms with Crippen molar-refractivity contribution in [2.24, 2.45) is 0 Å². The molecular weight excluding hydrogens is 368 g/mol. The Balaban J connectivity index is 1.57. The maximum Gasteiger partial charge on any atom is 0.273 e. The molecule has 1 aliphatic rings. The fraction of sp³-hybridized carbons (Fsp3) is 0.545. The first kappa shape index (κ1) is 21.0. The predicted octanol–water partition coefficient (Wildman–Crippen LogP) is 3.39. The van der Waals surface area contributed by atoms with E-state index in [9.17, 15) is 9.59 Å². The number of nitrogens with zero attached hydrogens (tertiary/aromatic N) is 2. The molecule has 0 bridgehead atoms. The molecule has 0 radical (unpaired) electrons. The average molecular weight is 399 g/mol. The minimum atomic E-state index is -0.305. The van der Waals surface area contributed by atoms with Crippen molar-refractivity contribution in [2.45, 2.75) is 77.4 Å². The molecule has 1 amide bonds. The van der Waals surface area contributed by atoms with Crippen LogP contribution in [0.25, 0.3) is 11.4 Å². The Hall–Kier alpha value is -2.70. The second-order valence-electron chi connectivity index (χ2n) is 7.71. The summed E-state index contributed by atoms with van der Waals surface area (Å²) in [6.07, 6.45) is 7.28. The normalized spacial score (nSPS) is 15.7. The van der Waals surface area contributed by atoms with Crippen molar-refractivity contribution in [3.8, 4) is 17.1 Å². The Labute approximate surface area is 171 Å². The zero-order valence-corrected chi connectivity index (χ0v) is 17.2. The van der Waals surface area contributed by atoms with Crippen LogP contribution in [0.1, 0.15) is 64.5 Å². The summed E-state index contributed by atoms with van der Waals surface area (Å²) >= 11 is 0. The van der Waals surface area contributed by atoms with Gasteiger partial charge in [-0.15, -0.1) is 10.2 Å². The second kappa shape index (κ2) is 10.2. The summed E-state index contributed by atoms with van der Waals surface area (Å²) in [7, 11) is 0. The number of hydrogen-bond acceptors (Lipinski definition) is 5. The average Bonchev–Trinajstić information content (AvgIpc) is 2.74. The van der Waals surface area contributed by atoms with Crippen LogP contribution < -0.4 is 15.6 Å². The van der Waals surface area contributed by atoms with Gasteiger partial charge in [0, 0.05) is 24.4 Å². The smallest absolute Gasteiger partial charge is 0.273 e. The number of carbonyl (C=O) groups is 1. The molecule has 7 heteroatoms. The third-order valence-corrected chi connectivity index (χ3v) is 5.36. The van der Waals surface area contributed by atoms with Gasteiger partial charge >= 0.3 is 0 Å². The SMILES string of the molecule is CC[C@@H](C)Oc1ccc(-c2nnc(CCC(=O)NC3CCCCC3)c(=O)[nH]2)cc1. The van der Waals surface area contributed by atoms with Crippen molar-refractivity contribution in [2.75, 3.05) is 0 Å². The van der Waals surface area contributed by atoms with E-state index in [2.05, 4.69) is 27.4 Å². The van der Waals surface area contributed by atoms with E-state index in [0.717, 1.165) is 30.6 Å². The first-order chi connectivity index (χ1) is 14.0. The minimum Gasteiger partial charge on any atom is -0.491 e. The van der Waals surface area contributed by atoms with E-state index in [0.29, 0.717) is 5.82 Å². The molecule has 3 rings (SSSR count). The van der Waals surface area contributed by atoms with Crippen LogP contribution in [0.3, 0.4) is 0 Å². The molecule has 1 aliphatic carbocycles.